The van der Waals surface area contributed by atoms with E-state index < -0.39 is 18.0 Å². The van der Waals surface area contributed by atoms with Crippen LogP contribution in [-0.4, -0.2) is 23.0 Å². The zero-order chi connectivity index (χ0) is 14.4. The largest absolute Gasteiger partial charge is 0.467 e. The van der Waals surface area contributed by atoms with Crippen LogP contribution < -0.4 is 5.32 Å². The van der Waals surface area contributed by atoms with Gasteiger partial charge in [0.25, 0.3) is 5.91 Å². The maximum absolute atomic E-state index is 11.8. The van der Waals surface area contributed by atoms with E-state index in [0.29, 0.717) is 5.76 Å². The fourth-order valence-corrected chi connectivity index (χ4v) is 1.49. The van der Waals surface area contributed by atoms with Crippen molar-refractivity contribution in [2.75, 3.05) is 0 Å². The number of carbonyl (C=O) groups excluding carboxylic acids is 2. The molecule has 2 aromatic rings. The quantitative estimate of drug-likeness (QED) is 0.836. The summed E-state index contributed by atoms with van der Waals surface area (Å²) >= 11 is 0. The van der Waals surface area contributed by atoms with Crippen LogP contribution in [0.3, 0.4) is 0 Å². The highest BCUT2D eigenvalue weighted by Crippen LogP contribution is 2.02. The minimum atomic E-state index is -0.903. The number of nitrogens with one attached hydrogen (secondary N) is 1. The zero-order valence-corrected chi connectivity index (χ0v) is 10.9. The van der Waals surface area contributed by atoms with Crippen molar-refractivity contribution in [3.8, 4) is 0 Å². The first-order chi connectivity index (χ1) is 9.66. The maximum atomic E-state index is 11.8. The highest BCUT2D eigenvalue weighted by atomic mass is 16.5. The average molecular weight is 274 g/mol. The van der Waals surface area contributed by atoms with Crippen molar-refractivity contribution < 1.29 is 18.7 Å². The summed E-state index contributed by atoms with van der Waals surface area (Å²) in [5.74, 6) is -0.404. The van der Waals surface area contributed by atoms with E-state index in [1.807, 2.05) is 0 Å². The Morgan fingerprint density at radius 1 is 1.35 bits per heavy atom. The van der Waals surface area contributed by atoms with Gasteiger partial charge in [-0.2, -0.15) is 0 Å². The number of furan rings is 1. The van der Waals surface area contributed by atoms with Gasteiger partial charge in [0.15, 0.2) is 6.10 Å². The van der Waals surface area contributed by atoms with Gasteiger partial charge in [0.05, 0.1) is 12.8 Å². The van der Waals surface area contributed by atoms with Crippen LogP contribution in [0.4, 0.5) is 0 Å². The molecule has 0 aliphatic rings. The van der Waals surface area contributed by atoms with Gasteiger partial charge >= 0.3 is 5.97 Å². The summed E-state index contributed by atoms with van der Waals surface area (Å²) in [6, 6.07) is 8.36. The van der Waals surface area contributed by atoms with Crippen LogP contribution in [0.25, 0.3) is 0 Å². The molecule has 0 saturated carbocycles. The summed E-state index contributed by atoms with van der Waals surface area (Å²) in [6.07, 6.45) is 2.10. The molecule has 20 heavy (non-hydrogen) atoms. The molecule has 0 spiro atoms. The van der Waals surface area contributed by atoms with E-state index in [9.17, 15) is 9.59 Å². The molecule has 0 bridgehead atoms. The zero-order valence-electron chi connectivity index (χ0n) is 10.9. The molecule has 0 aliphatic heterocycles. The second-order valence-electron chi connectivity index (χ2n) is 4.06. The van der Waals surface area contributed by atoms with Crippen molar-refractivity contribution in [3.63, 3.8) is 0 Å². The van der Waals surface area contributed by atoms with Gasteiger partial charge in [-0.25, -0.2) is 9.78 Å². The van der Waals surface area contributed by atoms with Gasteiger partial charge in [-0.05, 0) is 31.2 Å². The Balaban J connectivity index is 1.83. The summed E-state index contributed by atoms with van der Waals surface area (Å²) in [4.78, 5) is 27.3. The van der Waals surface area contributed by atoms with Crippen molar-refractivity contribution in [2.45, 2.75) is 19.6 Å². The molecular formula is C14H14N2O4. The highest BCUT2D eigenvalue weighted by Gasteiger charge is 2.19. The molecule has 2 rings (SSSR count). The standard InChI is InChI=1S/C14H14N2O4/c1-10(13(17)16-9-11-5-4-8-19-11)20-14(18)12-6-2-3-7-15-12/h2-8,10H,9H2,1H3,(H,16,17)/t10-/m1/s1. The predicted octanol–water partition coefficient (Wildman–Crippen LogP) is 1.54. The first-order valence-corrected chi connectivity index (χ1v) is 6.09. The molecule has 104 valence electrons. The van der Waals surface area contributed by atoms with Crippen LogP contribution >= 0.6 is 0 Å². The molecule has 1 atom stereocenters. The van der Waals surface area contributed by atoms with E-state index in [1.165, 1.54) is 25.5 Å². The Morgan fingerprint density at radius 2 is 2.20 bits per heavy atom. The van der Waals surface area contributed by atoms with Gasteiger partial charge in [-0.15, -0.1) is 0 Å². The first-order valence-electron chi connectivity index (χ1n) is 6.09. The average Bonchev–Trinajstić information content (AvgIpc) is 2.98. The van der Waals surface area contributed by atoms with Crippen LogP contribution in [0.2, 0.25) is 0 Å². The van der Waals surface area contributed by atoms with Gasteiger partial charge < -0.3 is 14.5 Å². The van der Waals surface area contributed by atoms with Gasteiger partial charge in [-0.1, -0.05) is 6.07 Å². The number of hydrogen-bond donors (Lipinski definition) is 1. The highest BCUT2D eigenvalue weighted by molar-refractivity contribution is 5.90. The minimum absolute atomic E-state index is 0.165. The fraction of sp³-hybridized carbons (Fsp3) is 0.214. The molecule has 0 unspecified atom stereocenters. The van der Waals surface area contributed by atoms with Gasteiger partial charge in [-0.3, -0.25) is 4.79 Å². The molecule has 6 nitrogen and oxygen atoms in total. The molecule has 2 aromatic heterocycles. The molecule has 1 amide bonds. The van der Waals surface area contributed by atoms with Crippen LogP contribution in [0.1, 0.15) is 23.2 Å². The molecule has 0 saturated heterocycles. The Hall–Kier alpha value is -2.63. The third kappa shape index (κ3) is 3.68. The van der Waals surface area contributed by atoms with Crippen LogP contribution in [-0.2, 0) is 16.1 Å². The summed E-state index contributed by atoms with van der Waals surface area (Å²) in [5, 5.41) is 2.61. The van der Waals surface area contributed by atoms with E-state index in [0.717, 1.165) is 0 Å². The minimum Gasteiger partial charge on any atom is -0.467 e. The van der Waals surface area contributed by atoms with Crippen molar-refractivity contribution in [3.05, 3.63) is 54.2 Å². The second-order valence-corrected chi connectivity index (χ2v) is 4.06. The normalized spacial score (nSPS) is 11.7. The molecule has 0 aromatic carbocycles. The summed E-state index contributed by atoms with van der Waals surface area (Å²) in [6.45, 7) is 1.75. The number of carbonyl (C=O) groups is 2. The van der Waals surface area contributed by atoms with E-state index in [2.05, 4.69) is 10.3 Å². The smallest absolute Gasteiger partial charge is 0.357 e. The third-order valence-corrected chi connectivity index (χ3v) is 2.54. The van der Waals surface area contributed by atoms with Crippen LogP contribution in [0, 0.1) is 0 Å². The SMILES string of the molecule is C[C@@H](OC(=O)c1ccccn1)C(=O)NCc1ccco1. The summed E-state index contributed by atoms with van der Waals surface area (Å²) in [7, 11) is 0. The Morgan fingerprint density at radius 3 is 2.85 bits per heavy atom. The molecule has 6 heteroatoms. The Kier molecular flexibility index (Phi) is 4.49. The lowest BCUT2D eigenvalue weighted by Gasteiger charge is -2.12. The van der Waals surface area contributed by atoms with Crippen LogP contribution in [0.5, 0.6) is 0 Å². The number of hydrogen-bond acceptors (Lipinski definition) is 5. The number of amides is 1. The number of pyridine rings is 1. The maximum Gasteiger partial charge on any atom is 0.357 e. The summed E-state index contributed by atoms with van der Waals surface area (Å²) < 4.78 is 10.1. The lowest BCUT2D eigenvalue weighted by Crippen LogP contribution is -2.35. The van der Waals surface area contributed by atoms with Crippen molar-refractivity contribution >= 4 is 11.9 Å². The van der Waals surface area contributed by atoms with E-state index in [4.69, 9.17) is 9.15 Å². The Bertz CT molecular complexity index is 566. The fourth-order valence-electron chi connectivity index (χ4n) is 1.49. The number of aromatic nitrogens is 1. The number of nitrogens with zero attached hydrogens (tertiary/aromatic N) is 1. The van der Waals surface area contributed by atoms with Crippen molar-refractivity contribution in [1.29, 1.82) is 0 Å². The lowest BCUT2D eigenvalue weighted by molar-refractivity contribution is -0.129. The van der Waals surface area contributed by atoms with Crippen molar-refractivity contribution in [2.24, 2.45) is 0 Å². The molecule has 0 fully saturated rings. The van der Waals surface area contributed by atoms with Crippen molar-refractivity contribution in [1.82, 2.24) is 10.3 Å². The molecular weight excluding hydrogens is 260 g/mol. The Labute approximate surface area is 115 Å². The topological polar surface area (TPSA) is 81.4 Å². The lowest BCUT2D eigenvalue weighted by atomic mass is 10.3. The second kappa shape index (κ2) is 6.51. The predicted molar refractivity (Wildman–Crippen MR) is 69.7 cm³/mol. The van der Waals surface area contributed by atoms with E-state index >= 15 is 0 Å². The number of ether oxygens (including phenoxy) is 1. The van der Waals surface area contributed by atoms with Gasteiger partial charge in [0.1, 0.15) is 11.5 Å². The molecule has 2 heterocycles. The van der Waals surface area contributed by atoms with Gasteiger partial charge in [0.2, 0.25) is 0 Å². The monoisotopic (exact) mass is 274 g/mol. The molecule has 0 aliphatic carbocycles. The first kappa shape index (κ1) is 13.8. The third-order valence-electron chi connectivity index (χ3n) is 2.54. The number of rotatable bonds is 5. The molecule has 1 N–H and O–H groups in total. The van der Waals surface area contributed by atoms with E-state index in [-0.39, 0.29) is 12.2 Å². The molecule has 0 radical (unpaired) electrons. The summed E-state index contributed by atoms with van der Waals surface area (Å²) in [5.41, 5.74) is 0.165. The van der Waals surface area contributed by atoms with Gasteiger partial charge in [0, 0.05) is 6.20 Å². The number of esters is 1. The van der Waals surface area contributed by atoms with Crippen LogP contribution in [0.15, 0.2) is 47.2 Å². The van der Waals surface area contributed by atoms with E-state index in [1.54, 1.807) is 24.3 Å².